The predicted molar refractivity (Wildman–Crippen MR) is 118 cm³/mol. The van der Waals surface area contributed by atoms with Crippen LogP contribution >= 0.6 is 0 Å². The van der Waals surface area contributed by atoms with Crippen LogP contribution < -0.4 is 21.1 Å². The number of carbonyl (C=O) groups excluding carboxylic acids is 1. The fourth-order valence-corrected chi connectivity index (χ4v) is 3.75. The third kappa shape index (κ3) is 4.73. The van der Waals surface area contributed by atoms with Crippen molar-refractivity contribution in [1.82, 2.24) is 24.6 Å². The van der Waals surface area contributed by atoms with E-state index in [2.05, 4.69) is 30.6 Å². The van der Waals surface area contributed by atoms with Gasteiger partial charge in [0.1, 0.15) is 17.1 Å². The molecule has 13 heteroatoms. The molecule has 0 saturated carbocycles. The molecule has 1 aromatic carbocycles. The maximum Gasteiger partial charge on any atom is 0.437 e. The van der Waals surface area contributed by atoms with Crippen LogP contribution in [-0.4, -0.2) is 51.3 Å². The number of fused-ring (bicyclic) bond motifs is 1. The van der Waals surface area contributed by atoms with Crippen molar-refractivity contribution in [3.63, 3.8) is 0 Å². The van der Waals surface area contributed by atoms with E-state index >= 15 is 0 Å². The lowest BCUT2D eigenvalue weighted by molar-refractivity contribution is -0.140. The van der Waals surface area contributed by atoms with Crippen LogP contribution in [0.25, 0.3) is 0 Å². The Hall–Kier alpha value is -3.87. The van der Waals surface area contributed by atoms with Crippen molar-refractivity contribution in [2.45, 2.75) is 19.1 Å². The lowest BCUT2D eigenvalue weighted by atomic mass is 9.99. The van der Waals surface area contributed by atoms with Crippen LogP contribution in [0.2, 0.25) is 0 Å². The van der Waals surface area contributed by atoms with Crippen LogP contribution in [0.3, 0.4) is 0 Å². The van der Waals surface area contributed by atoms with Crippen LogP contribution in [0.1, 0.15) is 27.2 Å². The van der Waals surface area contributed by atoms with E-state index < -0.39 is 17.8 Å². The van der Waals surface area contributed by atoms with Crippen LogP contribution in [-0.2, 0) is 26.2 Å². The van der Waals surface area contributed by atoms with Crippen LogP contribution in [0.4, 0.5) is 36.3 Å². The fraction of sp³-hybridized carbons (Fsp3) is 0.333. The third-order valence-corrected chi connectivity index (χ3v) is 5.38. The number of anilines is 4. The highest BCUT2D eigenvalue weighted by atomic mass is 19.4. The molecule has 34 heavy (non-hydrogen) atoms. The van der Waals surface area contributed by atoms with Gasteiger partial charge in [-0.25, -0.2) is 4.98 Å². The van der Waals surface area contributed by atoms with E-state index in [-0.39, 0.29) is 23.0 Å². The number of halogens is 3. The predicted octanol–water partition coefficient (Wildman–Crippen LogP) is 2.81. The quantitative estimate of drug-likeness (QED) is 0.496. The molecule has 1 aliphatic heterocycles. The highest BCUT2D eigenvalue weighted by molar-refractivity contribution is 5.98. The first-order valence-corrected chi connectivity index (χ1v) is 10.2. The SMILES string of the molecule is COc1cc2c(cc1Nc1ncc(C(N)=O)c(Nc3cn(C)nc3C(F)(F)F)n1)CN(C)CC2. The minimum Gasteiger partial charge on any atom is -0.495 e. The number of carbonyl (C=O) groups is 1. The Labute approximate surface area is 192 Å². The van der Waals surface area contributed by atoms with Crippen LogP contribution in [0.15, 0.2) is 24.5 Å². The minimum absolute atomic E-state index is 0.0346. The zero-order chi connectivity index (χ0) is 24.6. The Kier molecular flexibility index (Phi) is 6.04. The number of benzene rings is 1. The molecule has 2 aromatic heterocycles. The summed E-state index contributed by atoms with van der Waals surface area (Å²) in [4.78, 5) is 22.4. The number of rotatable bonds is 6. The number of likely N-dealkylation sites (N-methyl/N-ethyl adjacent to an activating group) is 1. The Bertz CT molecular complexity index is 1240. The summed E-state index contributed by atoms with van der Waals surface area (Å²) < 4.78 is 46.6. The van der Waals surface area contributed by atoms with Crippen LogP contribution in [0.5, 0.6) is 5.75 Å². The molecular formula is C21H23F3N8O2. The molecule has 0 atom stereocenters. The van der Waals surface area contributed by atoms with E-state index in [1.807, 2.05) is 19.2 Å². The lowest BCUT2D eigenvalue weighted by Crippen LogP contribution is -2.26. The summed E-state index contributed by atoms with van der Waals surface area (Å²) in [7, 11) is 4.91. The zero-order valence-corrected chi connectivity index (χ0v) is 18.7. The first kappa shape index (κ1) is 23.3. The van der Waals surface area contributed by atoms with Crippen LogP contribution in [0, 0.1) is 0 Å². The van der Waals surface area contributed by atoms with Crippen molar-refractivity contribution >= 4 is 29.0 Å². The van der Waals surface area contributed by atoms with E-state index in [1.165, 1.54) is 19.7 Å². The summed E-state index contributed by atoms with van der Waals surface area (Å²) >= 11 is 0. The first-order chi connectivity index (χ1) is 16.0. The van der Waals surface area contributed by atoms with Gasteiger partial charge in [-0.3, -0.25) is 9.48 Å². The highest BCUT2D eigenvalue weighted by Gasteiger charge is 2.37. The number of hydrogen-bond donors (Lipinski definition) is 3. The molecule has 180 valence electrons. The van der Waals surface area contributed by atoms with Crippen molar-refractivity contribution in [3.8, 4) is 5.75 Å². The Balaban J connectivity index is 1.70. The molecule has 3 aromatic rings. The number of nitrogens with two attached hydrogens (primary N) is 1. The maximum absolute atomic E-state index is 13.4. The number of aromatic nitrogens is 4. The molecule has 4 rings (SSSR count). The van der Waals surface area contributed by atoms with Gasteiger partial charge in [0.15, 0.2) is 5.69 Å². The number of nitrogens with one attached hydrogen (secondary N) is 2. The smallest absolute Gasteiger partial charge is 0.437 e. The molecule has 1 amide bonds. The average Bonchev–Trinajstić information content (AvgIpc) is 3.13. The zero-order valence-electron chi connectivity index (χ0n) is 18.7. The molecule has 10 nitrogen and oxygen atoms in total. The molecule has 1 aliphatic rings. The summed E-state index contributed by atoms with van der Waals surface area (Å²) in [5, 5.41) is 9.00. The molecule has 0 spiro atoms. The van der Waals surface area contributed by atoms with Gasteiger partial charge in [-0.2, -0.15) is 23.3 Å². The fourth-order valence-electron chi connectivity index (χ4n) is 3.75. The summed E-state index contributed by atoms with van der Waals surface area (Å²) in [5.41, 5.74) is 6.53. The Morgan fingerprint density at radius 2 is 1.94 bits per heavy atom. The van der Waals surface area contributed by atoms with E-state index in [1.54, 1.807) is 0 Å². The van der Waals surface area contributed by atoms with Gasteiger partial charge in [-0.05, 0) is 36.7 Å². The number of methoxy groups -OCH3 is 1. The monoisotopic (exact) mass is 476 g/mol. The Morgan fingerprint density at radius 1 is 1.18 bits per heavy atom. The van der Waals surface area contributed by atoms with Gasteiger partial charge in [0.2, 0.25) is 5.95 Å². The van der Waals surface area contributed by atoms with Gasteiger partial charge in [0.05, 0.1) is 18.5 Å². The molecule has 0 unspecified atom stereocenters. The summed E-state index contributed by atoms with van der Waals surface area (Å²) in [6, 6.07) is 3.86. The number of alkyl halides is 3. The van der Waals surface area contributed by atoms with Gasteiger partial charge in [0.25, 0.3) is 5.91 Å². The maximum atomic E-state index is 13.4. The number of ether oxygens (including phenoxy) is 1. The van der Waals surface area contributed by atoms with Crippen molar-refractivity contribution < 1.29 is 22.7 Å². The minimum atomic E-state index is -4.71. The first-order valence-electron chi connectivity index (χ1n) is 10.2. The number of aryl methyl sites for hydroxylation is 1. The molecular weight excluding hydrogens is 453 g/mol. The largest absolute Gasteiger partial charge is 0.495 e. The number of hydrogen-bond acceptors (Lipinski definition) is 8. The molecule has 0 saturated heterocycles. The Morgan fingerprint density at radius 3 is 2.62 bits per heavy atom. The van der Waals surface area contributed by atoms with Gasteiger partial charge in [-0.1, -0.05) is 0 Å². The topological polar surface area (TPSA) is 123 Å². The summed E-state index contributed by atoms with van der Waals surface area (Å²) in [6.07, 6.45) is -1.56. The van der Waals surface area contributed by atoms with E-state index in [0.29, 0.717) is 11.4 Å². The second-order valence-electron chi connectivity index (χ2n) is 7.94. The summed E-state index contributed by atoms with van der Waals surface area (Å²) in [5.74, 6) is -0.500. The third-order valence-electron chi connectivity index (χ3n) is 5.38. The number of nitrogens with zero attached hydrogens (tertiary/aromatic N) is 5. The molecule has 0 fully saturated rings. The van der Waals surface area contributed by atoms with Crippen molar-refractivity contribution in [1.29, 1.82) is 0 Å². The normalized spacial score (nSPS) is 13.9. The molecule has 0 aliphatic carbocycles. The van der Waals surface area contributed by atoms with Crippen molar-refractivity contribution in [2.24, 2.45) is 12.8 Å². The number of amides is 1. The van der Waals surface area contributed by atoms with Crippen molar-refractivity contribution in [3.05, 3.63) is 46.9 Å². The lowest BCUT2D eigenvalue weighted by Gasteiger charge is -2.26. The van der Waals surface area contributed by atoms with Gasteiger partial charge < -0.3 is 26.0 Å². The molecule has 0 radical (unpaired) electrons. The van der Waals surface area contributed by atoms with E-state index in [4.69, 9.17) is 10.5 Å². The molecule has 3 heterocycles. The summed E-state index contributed by atoms with van der Waals surface area (Å²) in [6.45, 7) is 1.69. The second kappa shape index (κ2) is 8.82. The standard InChI is InChI=1S/C21H23F3N8O2/c1-31-5-4-11-7-16(34-3)14(6-12(11)9-31)28-20-26-8-13(18(25)33)19(29-20)27-15-10-32(2)30-17(15)21(22,23)24/h6-8,10H,4-5,9H2,1-3H3,(H2,25,33)(H2,26,27,28,29). The van der Waals surface area contributed by atoms with Gasteiger partial charge in [-0.15, -0.1) is 0 Å². The van der Waals surface area contributed by atoms with E-state index in [0.717, 1.165) is 42.1 Å². The number of primary amides is 1. The average molecular weight is 476 g/mol. The second-order valence-corrected chi connectivity index (χ2v) is 7.94. The van der Waals surface area contributed by atoms with Crippen molar-refractivity contribution in [2.75, 3.05) is 31.3 Å². The molecule has 0 bridgehead atoms. The highest BCUT2D eigenvalue weighted by Crippen LogP contribution is 2.36. The molecule has 4 N–H and O–H groups in total. The van der Waals surface area contributed by atoms with Gasteiger partial charge in [0, 0.05) is 32.5 Å². The van der Waals surface area contributed by atoms with E-state index in [9.17, 15) is 18.0 Å². The van der Waals surface area contributed by atoms with Gasteiger partial charge >= 0.3 is 6.18 Å².